The van der Waals surface area contributed by atoms with Crippen molar-refractivity contribution in [3.8, 4) is 0 Å². The fourth-order valence-corrected chi connectivity index (χ4v) is 1.34. The van der Waals surface area contributed by atoms with Gasteiger partial charge in [-0.25, -0.2) is 0 Å². The molecule has 1 rings (SSSR count). The maximum Gasteiger partial charge on any atom is 0.0615 e. The van der Waals surface area contributed by atoms with E-state index in [-0.39, 0.29) is 0 Å². The van der Waals surface area contributed by atoms with Crippen molar-refractivity contribution in [1.29, 1.82) is 0 Å². The standard InChI is InChI=1S/C10H19N3O/c1-3-10(9-14-2)11-6-8-13-7-4-5-12-13/h4-5,7,10-11H,3,6,8-9H2,1-2H3. The van der Waals surface area contributed by atoms with Crippen LogP contribution >= 0.6 is 0 Å². The zero-order valence-electron chi connectivity index (χ0n) is 8.94. The van der Waals surface area contributed by atoms with Crippen molar-refractivity contribution in [3.05, 3.63) is 18.5 Å². The molecule has 0 spiro atoms. The molecule has 0 aliphatic heterocycles. The lowest BCUT2D eigenvalue weighted by Gasteiger charge is -2.15. The van der Waals surface area contributed by atoms with Gasteiger partial charge >= 0.3 is 0 Å². The average molecular weight is 197 g/mol. The molecule has 14 heavy (non-hydrogen) atoms. The summed E-state index contributed by atoms with van der Waals surface area (Å²) in [7, 11) is 1.73. The van der Waals surface area contributed by atoms with Gasteiger partial charge in [-0.3, -0.25) is 4.68 Å². The van der Waals surface area contributed by atoms with Crippen LogP contribution in [0.5, 0.6) is 0 Å². The molecule has 4 nitrogen and oxygen atoms in total. The molecule has 0 saturated carbocycles. The first kappa shape index (κ1) is 11.2. The molecule has 0 aliphatic rings. The number of nitrogens with one attached hydrogen (secondary N) is 1. The van der Waals surface area contributed by atoms with Gasteiger partial charge in [0.25, 0.3) is 0 Å². The van der Waals surface area contributed by atoms with Gasteiger partial charge < -0.3 is 10.1 Å². The molecule has 1 aromatic heterocycles. The Labute approximate surface area is 85.3 Å². The first-order valence-electron chi connectivity index (χ1n) is 5.06. The molecule has 0 aliphatic carbocycles. The second-order valence-corrected chi connectivity index (χ2v) is 3.28. The number of nitrogens with zero attached hydrogens (tertiary/aromatic N) is 2. The second-order valence-electron chi connectivity index (χ2n) is 3.28. The average Bonchev–Trinajstić information content (AvgIpc) is 2.69. The van der Waals surface area contributed by atoms with Crippen LogP contribution in [0.4, 0.5) is 0 Å². The number of rotatable bonds is 7. The Morgan fingerprint density at radius 2 is 2.43 bits per heavy atom. The van der Waals surface area contributed by atoms with Gasteiger partial charge in [-0.2, -0.15) is 5.10 Å². The van der Waals surface area contributed by atoms with Crippen molar-refractivity contribution in [2.24, 2.45) is 0 Å². The number of ether oxygens (including phenoxy) is 1. The van der Waals surface area contributed by atoms with Gasteiger partial charge in [0.15, 0.2) is 0 Å². The number of methoxy groups -OCH3 is 1. The van der Waals surface area contributed by atoms with Crippen LogP contribution in [0.25, 0.3) is 0 Å². The van der Waals surface area contributed by atoms with E-state index in [0.29, 0.717) is 6.04 Å². The first-order chi connectivity index (χ1) is 6.86. The molecule has 1 aromatic rings. The minimum absolute atomic E-state index is 0.454. The van der Waals surface area contributed by atoms with E-state index in [2.05, 4.69) is 17.3 Å². The summed E-state index contributed by atoms with van der Waals surface area (Å²) in [5.74, 6) is 0. The summed E-state index contributed by atoms with van der Waals surface area (Å²) in [6.07, 6.45) is 4.86. The summed E-state index contributed by atoms with van der Waals surface area (Å²) in [5.41, 5.74) is 0. The van der Waals surface area contributed by atoms with Crippen molar-refractivity contribution in [2.75, 3.05) is 20.3 Å². The normalized spacial score (nSPS) is 13.0. The Bertz CT molecular complexity index is 223. The van der Waals surface area contributed by atoms with Crippen LogP contribution in [-0.4, -0.2) is 36.1 Å². The maximum atomic E-state index is 5.10. The summed E-state index contributed by atoms with van der Waals surface area (Å²) >= 11 is 0. The van der Waals surface area contributed by atoms with Gasteiger partial charge in [0.1, 0.15) is 0 Å². The summed E-state index contributed by atoms with van der Waals surface area (Å²) in [5, 5.41) is 7.55. The maximum absolute atomic E-state index is 5.10. The zero-order chi connectivity index (χ0) is 10.2. The summed E-state index contributed by atoms with van der Waals surface area (Å²) in [6.45, 7) is 4.77. The van der Waals surface area contributed by atoms with Gasteiger partial charge in [0, 0.05) is 32.1 Å². The molecule has 1 heterocycles. The van der Waals surface area contributed by atoms with Gasteiger partial charge in [-0.1, -0.05) is 6.92 Å². The molecule has 0 amide bonds. The molecule has 1 unspecified atom stereocenters. The monoisotopic (exact) mass is 197 g/mol. The van der Waals surface area contributed by atoms with Crippen LogP contribution in [0.1, 0.15) is 13.3 Å². The molecule has 0 fully saturated rings. The molecule has 4 heteroatoms. The van der Waals surface area contributed by atoms with Gasteiger partial charge in [0.2, 0.25) is 0 Å². The van der Waals surface area contributed by atoms with Crippen LogP contribution in [0.3, 0.4) is 0 Å². The molecule has 0 aromatic carbocycles. The van der Waals surface area contributed by atoms with E-state index in [1.165, 1.54) is 0 Å². The smallest absolute Gasteiger partial charge is 0.0615 e. The van der Waals surface area contributed by atoms with E-state index < -0.39 is 0 Å². The van der Waals surface area contributed by atoms with Crippen molar-refractivity contribution in [1.82, 2.24) is 15.1 Å². The molecule has 1 atom stereocenters. The lowest BCUT2D eigenvalue weighted by molar-refractivity contribution is 0.164. The highest BCUT2D eigenvalue weighted by atomic mass is 16.5. The van der Waals surface area contributed by atoms with Crippen molar-refractivity contribution in [3.63, 3.8) is 0 Å². The van der Waals surface area contributed by atoms with E-state index in [0.717, 1.165) is 26.1 Å². The first-order valence-corrected chi connectivity index (χ1v) is 5.06. The predicted molar refractivity (Wildman–Crippen MR) is 56.2 cm³/mol. The Hall–Kier alpha value is -0.870. The third-order valence-corrected chi connectivity index (χ3v) is 2.19. The van der Waals surface area contributed by atoms with Crippen LogP contribution < -0.4 is 5.32 Å². The van der Waals surface area contributed by atoms with E-state index in [9.17, 15) is 0 Å². The lowest BCUT2D eigenvalue weighted by atomic mass is 10.2. The van der Waals surface area contributed by atoms with Gasteiger partial charge in [-0.15, -0.1) is 0 Å². The van der Waals surface area contributed by atoms with Crippen LogP contribution in [-0.2, 0) is 11.3 Å². The van der Waals surface area contributed by atoms with Crippen molar-refractivity contribution < 1.29 is 4.74 Å². The molecule has 80 valence electrons. The highest BCUT2D eigenvalue weighted by molar-refractivity contribution is 4.78. The Morgan fingerprint density at radius 3 is 3.00 bits per heavy atom. The van der Waals surface area contributed by atoms with Crippen LogP contribution in [0, 0.1) is 0 Å². The van der Waals surface area contributed by atoms with Gasteiger partial charge in [-0.05, 0) is 12.5 Å². The van der Waals surface area contributed by atoms with Crippen molar-refractivity contribution in [2.45, 2.75) is 25.9 Å². The molecular formula is C10H19N3O. The molecule has 0 saturated heterocycles. The van der Waals surface area contributed by atoms with Crippen LogP contribution in [0.2, 0.25) is 0 Å². The molecular weight excluding hydrogens is 178 g/mol. The number of hydrogen-bond acceptors (Lipinski definition) is 3. The third kappa shape index (κ3) is 3.89. The highest BCUT2D eigenvalue weighted by Gasteiger charge is 2.03. The van der Waals surface area contributed by atoms with E-state index in [1.54, 1.807) is 13.3 Å². The minimum Gasteiger partial charge on any atom is -0.383 e. The molecule has 0 radical (unpaired) electrons. The fourth-order valence-electron chi connectivity index (χ4n) is 1.34. The fraction of sp³-hybridized carbons (Fsp3) is 0.700. The van der Waals surface area contributed by atoms with E-state index in [1.807, 2.05) is 16.9 Å². The second kappa shape index (κ2) is 6.56. The number of hydrogen-bond donors (Lipinski definition) is 1. The summed E-state index contributed by atoms with van der Waals surface area (Å²) in [4.78, 5) is 0. The summed E-state index contributed by atoms with van der Waals surface area (Å²) < 4.78 is 7.02. The van der Waals surface area contributed by atoms with E-state index >= 15 is 0 Å². The van der Waals surface area contributed by atoms with Gasteiger partial charge in [0.05, 0.1) is 13.2 Å². The van der Waals surface area contributed by atoms with Crippen LogP contribution in [0.15, 0.2) is 18.5 Å². The molecule has 1 N–H and O–H groups in total. The Morgan fingerprint density at radius 1 is 1.57 bits per heavy atom. The SMILES string of the molecule is CCC(COC)NCCn1cccn1. The summed E-state index contributed by atoms with van der Waals surface area (Å²) in [6, 6.07) is 2.39. The lowest BCUT2D eigenvalue weighted by Crippen LogP contribution is -2.34. The highest BCUT2D eigenvalue weighted by Crippen LogP contribution is 1.91. The van der Waals surface area contributed by atoms with Crippen molar-refractivity contribution >= 4 is 0 Å². The Kier molecular flexibility index (Phi) is 5.25. The zero-order valence-corrected chi connectivity index (χ0v) is 8.94. The number of aromatic nitrogens is 2. The quantitative estimate of drug-likeness (QED) is 0.706. The topological polar surface area (TPSA) is 39.1 Å². The molecule has 0 bridgehead atoms. The third-order valence-electron chi connectivity index (χ3n) is 2.19. The van der Waals surface area contributed by atoms with E-state index in [4.69, 9.17) is 4.74 Å². The minimum atomic E-state index is 0.454. The Balaban J connectivity index is 2.13. The largest absolute Gasteiger partial charge is 0.383 e. The predicted octanol–water partition coefficient (Wildman–Crippen LogP) is 0.898.